The maximum Gasteiger partial charge on any atom is 0.323 e. The monoisotopic (exact) mass is 334 g/mol. The number of oxazole rings is 1. The van der Waals surface area contributed by atoms with Crippen LogP contribution in [0.4, 0.5) is 0 Å². The van der Waals surface area contributed by atoms with E-state index in [0.29, 0.717) is 22.8 Å². The van der Waals surface area contributed by atoms with Crippen molar-refractivity contribution in [1.82, 2.24) is 9.88 Å². The number of ether oxygens (including phenoxy) is 2. The number of aryl methyl sites for hydroxylation is 1. The minimum absolute atomic E-state index is 0.0605. The summed E-state index contributed by atoms with van der Waals surface area (Å²) in [6.07, 6.45) is 1.15. The third kappa shape index (κ3) is 4.03. The molecule has 0 aliphatic rings. The fraction of sp³-hybridized carbons (Fsp3) is 0.312. The molecule has 0 saturated carbocycles. The Morgan fingerprint density at radius 3 is 2.29 bits per heavy atom. The number of carboxylic acids is 1. The molecule has 0 bridgehead atoms. The predicted octanol–water partition coefficient (Wildman–Crippen LogP) is 1.73. The largest absolute Gasteiger partial charge is 0.497 e. The zero-order valence-corrected chi connectivity index (χ0v) is 13.6. The number of carboxylic acid groups (broad SMARTS) is 1. The molecule has 8 heteroatoms. The number of carbonyl (C=O) groups excluding carboxylic acids is 1. The summed E-state index contributed by atoms with van der Waals surface area (Å²) in [6, 6.07) is 5.11. The molecule has 1 N–H and O–H groups in total. The molecule has 0 aliphatic heterocycles. The number of aromatic nitrogens is 1. The Labute approximate surface area is 138 Å². The first-order chi connectivity index (χ1) is 11.4. The van der Waals surface area contributed by atoms with Crippen LogP contribution < -0.4 is 9.47 Å². The molecule has 1 heterocycles. The van der Waals surface area contributed by atoms with Gasteiger partial charge in [0.1, 0.15) is 23.8 Å². The highest BCUT2D eigenvalue weighted by molar-refractivity contribution is 5.94. The quantitative estimate of drug-likeness (QED) is 0.822. The molecule has 0 saturated heterocycles. The van der Waals surface area contributed by atoms with Gasteiger partial charge in [-0.15, -0.1) is 0 Å². The van der Waals surface area contributed by atoms with Crippen LogP contribution in [0.3, 0.4) is 0 Å². The van der Waals surface area contributed by atoms with Gasteiger partial charge >= 0.3 is 5.97 Å². The third-order valence-electron chi connectivity index (χ3n) is 3.35. The predicted molar refractivity (Wildman–Crippen MR) is 83.2 cm³/mol. The lowest BCUT2D eigenvalue weighted by Gasteiger charge is -2.20. The molecule has 0 unspecified atom stereocenters. The Hall–Kier alpha value is -3.03. The molecular weight excluding hydrogens is 316 g/mol. The second-order valence-electron chi connectivity index (χ2n) is 5.03. The van der Waals surface area contributed by atoms with Gasteiger partial charge in [0, 0.05) is 12.6 Å². The highest BCUT2D eigenvalue weighted by atomic mass is 16.5. The maximum absolute atomic E-state index is 12.6. The fourth-order valence-corrected chi connectivity index (χ4v) is 2.20. The number of carbonyl (C=O) groups is 2. The van der Waals surface area contributed by atoms with E-state index < -0.39 is 18.4 Å². The molecule has 24 heavy (non-hydrogen) atoms. The van der Waals surface area contributed by atoms with Crippen molar-refractivity contribution < 1.29 is 28.6 Å². The van der Waals surface area contributed by atoms with Crippen LogP contribution >= 0.6 is 0 Å². The highest BCUT2D eigenvalue weighted by Crippen LogP contribution is 2.24. The van der Waals surface area contributed by atoms with Crippen molar-refractivity contribution in [2.24, 2.45) is 0 Å². The van der Waals surface area contributed by atoms with Crippen LogP contribution in [0, 0.1) is 6.92 Å². The van der Waals surface area contributed by atoms with Gasteiger partial charge in [0.2, 0.25) is 0 Å². The third-order valence-corrected chi connectivity index (χ3v) is 3.35. The average Bonchev–Trinajstić information content (AvgIpc) is 2.98. The second-order valence-corrected chi connectivity index (χ2v) is 5.03. The van der Waals surface area contributed by atoms with Gasteiger partial charge in [0.05, 0.1) is 14.2 Å². The molecule has 0 radical (unpaired) electrons. The van der Waals surface area contributed by atoms with Crippen molar-refractivity contribution in [3.8, 4) is 11.5 Å². The van der Waals surface area contributed by atoms with Crippen molar-refractivity contribution in [3.05, 3.63) is 41.6 Å². The van der Waals surface area contributed by atoms with E-state index >= 15 is 0 Å². The van der Waals surface area contributed by atoms with E-state index in [1.807, 2.05) is 0 Å². The molecule has 1 aromatic carbocycles. The molecule has 0 fully saturated rings. The standard InChI is InChI=1S/C16H18N2O6/c1-10-15(17-9-24-10)16(21)18(8-14(19)20)7-11-4-12(22-2)6-13(5-11)23-3/h4-6,9H,7-8H2,1-3H3,(H,19,20). The van der Waals surface area contributed by atoms with Gasteiger partial charge in [-0.1, -0.05) is 0 Å². The normalized spacial score (nSPS) is 10.3. The van der Waals surface area contributed by atoms with E-state index in [2.05, 4.69) is 4.98 Å². The minimum atomic E-state index is -1.13. The Balaban J connectivity index is 2.31. The van der Waals surface area contributed by atoms with Crippen LogP contribution in [0.5, 0.6) is 11.5 Å². The van der Waals surface area contributed by atoms with Gasteiger partial charge in [0.25, 0.3) is 5.91 Å². The molecule has 0 atom stereocenters. The molecule has 2 rings (SSSR count). The fourth-order valence-electron chi connectivity index (χ4n) is 2.20. The van der Waals surface area contributed by atoms with Crippen LogP contribution in [0.25, 0.3) is 0 Å². The molecular formula is C16H18N2O6. The topological polar surface area (TPSA) is 102 Å². The summed E-state index contributed by atoms with van der Waals surface area (Å²) < 4.78 is 15.4. The minimum Gasteiger partial charge on any atom is -0.497 e. The van der Waals surface area contributed by atoms with E-state index in [0.717, 1.165) is 6.39 Å². The van der Waals surface area contributed by atoms with E-state index in [1.54, 1.807) is 25.1 Å². The van der Waals surface area contributed by atoms with E-state index in [1.165, 1.54) is 19.1 Å². The number of amides is 1. The summed E-state index contributed by atoms with van der Waals surface area (Å²) in [5.41, 5.74) is 0.757. The lowest BCUT2D eigenvalue weighted by molar-refractivity contribution is -0.137. The lowest BCUT2D eigenvalue weighted by atomic mass is 10.1. The molecule has 128 valence electrons. The lowest BCUT2D eigenvalue weighted by Crippen LogP contribution is -2.35. The zero-order valence-electron chi connectivity index (χ0n) is 13.6. The van der Waals surface area contributed by atoms with Crippen molar-refractivity contribution in [2.75, 3.05) is 20.8 Å². The average molecular weight is 334 g/mol. The van der Waals surface area contributed by atoms with Crippen LogP contribution in [-0.2, 0) is 11.3 Å². The Morgan fingerprint density at radius 1 is 1.21 bits per heavy atom. The smallest absolute Gasteiger partial charge is 0.323 e. The summed E-state index contributed by atoms with van der Waals surface area (Å²) >= 11 is 0. The SMILES string of the molecule is COc1cc(CN(CC(=O)O)C(=O)c2ncoc2C)cc(OC)c1. The zero-order chi connectivity index (χ0) is 17.7. The Kier molecular flexibility index (Phi) is 5.41. The van der Waals surface area contributed by atoms with Gasteiger partial charge in [-0.05, 0) is 24.6 Å². The van der Waals surface area contributed by atoms with Crippen molar-refractivity contribution >= 4 is 11.9 Å². The first-order valence-electron chi connectivity index (χ1n) is 7.07. The summed E-state index contributed by atoms with van der Waals surface area (Å²) in [5, 5.41) is 9.09. The summed E-state index contributed by atoms with van der Waals surface area (Å²) in [5.74, 6) is -0.224. The number of aliphatic carboxylic acids is 1. The molecule has 1 aromatic heterocycles. The second kappa shape index (κ2) is 7.49. The van der Waals surface area contributed by atoms with Crippen LogP contribution in [-0.4, -0.2) is 47.6 Å². The van der Waals surface area contributed by atoms with Crippen LogP contribution in [0.15, 0.2) is 29.0 Å². The number of nitrogens with zero attached hydrogens (tertiary/aromatic N) is 2. The van der Waals surface area contributed by atoms with E-state index in [9.17, 15) is 9.59 Å². The first kappa shape index (κ1) is 17.3. The number of benzene rings is 1. The van der Waals surface area contributed by atoms with E-state index in [4.69, 9.17) is 19.0 Å². The van der Waals surface area contributed by atoms with Crippen LogP contribution in [0.1, 0.15) is 21.8 Å². The number of hydrogen-bond acceptors (Lipinski definition) is 6. The van der Waals surface area contributed by atoms with Crippen molar-refractivity contribution in [3.63, 3.8) is 0 Å². The number of methoxy groups -OCH3 is 2. The summed E-state index contributed by atoms with van der Waals surface area (Å²) in [4.78, 5) is 28.7. The molecule has 8 nitrogen and oxygen atoms in total. The summed E-state index contributed by atoms with van der Waals surface area (Å²) in [6.45, 7) is 1.18. The van der Waals surface area contributed by atoms with Gasteiger partial charge in [-0.2, -0.15) is 0 Å². The van der Waals surface area contributed by atoms with Gasteiger partial charge in [-0.25, -0.2) is 4.98 Å². The Morgan fingerprint density at radius 2 is 1.83 bits per heavy atom. The molecule has 0 spiro atoms. The summed E-state index contributed by atoms with van der Waals surface area (Å²) in [7, 11) is 3.02. The van der Waals surface area contributed by atoms with Gasteiger partial charge in [0.15, 0.2) is 12.1 Å². The van der Waals surface area contributed by atoms with Crippen molar-refractivity contribution in [2.45, 2.75) is 13.5 Å². The van der Waals surface area contributed by atoms with Crippen molar-refractivity contribution in [1.29, 1.82) is 0 Å². The van der Waals surface area contributed by atoms with Gasteiger partial charge < -0.3 is 23.9 Å². The Bertz CT molecular complexity index is 718. The first-order valence-corrected chi connectivity index (χ1v) is 7.07. The van der Waals surface area contributed by atoms with Crippen LogP contribution in [0.2, 0.25) is 0 Å². The molecule has 1 amide bonds. The number of rotatable bonds is 7. The molecule has 2 aromatic rings. The van der Waals surface area contributed by atoms with E-state index in [-0.39, 0.29) is 12.2 Å². The highest BCUT2D eigenvalue weighted by Gasteiger charge is 2.23. The molecule has 0 aliphatic carbocycles. The number of hydrogen-bond donors (Lipinski definition) is 1. The maximum atomic E-state index is 12.6. The van der Waals surface area contributed by atoms with Gasteiger partial charge in [-0.3, -0.25) is 9.59 Å².